The van der Waals surface area contributed by atoms with Gasteiger partial charge in [-0.25, -0.2) is 9.18 Å². The van der Waals surface area contributed by atoms with Crippen LogP contribution in [0.2, 0.25) is 0 Å². The average molecular weight is 473 g/mol. The van der Waals surface area contributed by atoms with Gasteiger partial charge in [0.2, 0.25) is 0 Å². The minimum atomic E-state index is -0.872. The summed E-state index contributed by atoms with van der Waals surface area (Å²) in [6, 6.07) is 11.9. The van der Waals surface area contributed by atoms with Crippen molar-refractivity contribution in [3.8, 4) is 5.75 Å². The van der Waals surface area contributed by atoms with Gasteiger partial charge in [-0.05, 0) is 36.4 Å². The number of halogens is 1. The summed E-state index contributed by atoms with van der Waals surface area (Å²) in [4.78, 5) is 17.0. The fourth-order valence-corrected chi connectivity index (χ4v) is 4.97. The molecular weight excluding hydrogens is 443 g/mol. The van der Waals surface area contributed by atoms with Crippen molar-refractivity contribution in [1.82, 2.24) is 10.2 Å². The van der Waals surface area contributed by atoms with Crippen molar-refractivity contribution in [2.75, 3.05) is 50.1 Å². The predicted molar refractivity (Wildman–Crippen MR) is 124 cm³/mol. The van der Waals surface area contributed by atoms with Gasteiger partial charge in [-0.15, -0.1) is 0 Å². The van der Waals surface area contributed by atoms with Gasteiger partial charge in [0.15, 0.2) is 6.29 Å². The van der Waals surface area contributed by atoms with E-state index >= 15 is 0 Å². The van der Waals surface area contributed by atoms with E-state index in [-0.39, 0.29) is 5.82 Å². The maximum Gasteiger partial charge on any atom is 0.319 e. The standard InChI is InChI=1S/C24H29FN4O5/c1-32-18-5-3-2-4-17(18)28-10-12-29(13-11-28)21-22(30)20(19-14-33-23(21)34-19)27-24(31)26-16-8-6-15(25)7-9-16/h2-9,19-23,30H,10-14H2,1H3,(H2,26,27,31)/t19-,20-,21-,22+,23-/m1/s1. The van der Waals surface area contributed by atoms with E-state index in [1.165, 1.54) is 24.3 Å². The minimum absolute atomic E-state index is 0.293. The predicted octanol–water partition coefficient (Wildman–Crippen LogP) is 1.63. The first kappa shape index (κ1) is 22.9. The molecule has 0 radical (unpaired) electrons. The highest BCUT2D eigenvalue weighted by Gasteiger charge is 2.53. The van der Waals surface area contributed by atoms with E-state index in [1.807, 2.05) is 24.3 Å². The minimum Gasteiger partial charge on any atom is -0.495 e. The first-order valence-corrected chi connectivity index (χ1v) is 11.4. The molecule has 3 fully saturated rings. The number of hydrogen-bond donors (Lipinski definition) is 3. The molecule has 3 saturated heterocycles. The zero-order valence-electron chi connectivity index (χ0n) is 18.9. The van der Waals surface area contributed by atoms with Crippen LogP contribution in [0.25, 0.3) is 0 Å². The Labute approximate surface area is 197 Å². The number of para-hydroxylation sites is 2. The second-order valence-electron chi connectivity index (χ2n) is 8.68. The Morgan fingerprint density at radius 1 is 1.12 bits per heavy atom. The molecule has 0 spiro atoms. The topological polar surface area (TPSA) is 95.5 Å². The summed E-state index contributed by atoms with van der Waals surface area (Å²) in [6.07, 6.45) is -1.86. The SMILES string of the molecule is COc1ccccc1N1CCN([C@H]2[C@@H]3OC[C@@H](O3)[C@@H](NC(=O)Nc3ccc(F)cc3)[C@@H]2O)CC1. The van der Waals surface area contributed by atoms with Gasteiger partial charge in [0.25, 0.3) is 0 Å². The molecule has 34 heavy (non-hydrogen) atoms. The summed E-state index contributed by atoms with van der Waals surface area (Å²) in [5.74, 6) is 0.445. The highest BCUT2D eigenvalue weighted by atomic mass is 19.1. The van der Waals surface area contributed by atoms with Gasteiger partial charge in [-0.2, -0.15) is 0 Å². The van der Waals surface area contributed by atoms with Gasteiger partial charge in [0.05, 0.1) is 37.6 Å². The third-order valence-corrected chi connectivity index (χ3v) is 6.69. The number of urea groups is 1. The number of hydrogen-bond acceptors (Lipinski definition) is 7. The van der Waals surface area contributed by atoms with Crippen LogP contribution >= 0.6 is 0 Å². The molecule has 182 valence electrons. The summed E-state index contributed by atoms with van der Waals surface area (Å²) in [5.41, 5.74) is 1.49. The van der Waals surface area contributed by atoms with Crippen LogP contribution in [-0.2, 0) is 9.47 Å². The van der Waals surface area contributed by atoms with Crippen LogP contribution in [0.1, 0.15) is 0 Å². The molecule has 2 amide bonds. The molecule has 2 aromatic rings. The lowest BCUT2D eigenvalue weighted by Gasteiger charge is -2.47. The Kier molecular flexibility index (Phi) is 6.55. The quantitative estimate of drug-likeness (QED) is 0.609. The summed E-state index contributed by atoms with van der Waals surface area (Å²) in [7, 11) is 1.66. The maximum absolute atomic E-state index is 13.1. The molecule has 10 heteroatoms. The van der Waals surface area contributed by atoms with Gasteiger partial charge in [0.1, 0.15) is 17.7 Å². The molecule has 3 aliphatic rings. The Morgan fingerprint density at radius 3 is 2.59 bits per heavy atom. The highest BCUT2D eigenvalue weighted by Crippen LogP contribution is 2.33. The zero-order chi connectivity index (χ0) is 23.7. The zero-order valence-corrected chi connectivity index (χ0v) is 18.9. The number of nitrogens with one attached hydrogen (secondary N) is 2. The van der Waals surface area contributed by atoms with Crippen LogP contribution in [0.3, 0.4) is 0 Å². The third kappa shape index (κ3) is 4.54. The molecular formula is C24H29FN4O5. The molecule has 3 N–H and O–H groups in total. The second kappa shape index (κ2) is 9.75. The van der Waals surface area contributed by atoms with Crippen LogP contribution in [0, 0.1) is 5.82 Å². The van der Waals surface area contributed by atoms with Crippen LogP contribution in [-0.4, -0.2) is 86.5 Å². The van der Waals surface area contributed by atoms with E-state index in [0.717, 1.165) is 24.5 Å². The first-order valence-electron chi connectivity index (χ1n) is 11.4. The van der Waals surface area contributed by atoms with Crippen molar-refractivity contribution >= 4 is 17.4 Å². The first-order chi connectivity index (χ1) is 16.5. The number of amides is 2. The Morgan fingerprint density at radius 2 is 1.85 bits per heavy atom. The molecule has 9 nitrogen and oxygen atoms in total. The third-order valence-electron chi connectivity index (χ3n) is 6.69. The number of nitrogens with zero attached hydrogens (tertiary/aromatic N) is 2. The smallest absolute Gasteiger partial charge is 0.319 e. The molecule has 0 saturated carbocycles. The van der Waals surface area contributed by atoms with E-state index in [9.17, 15) is 14.3 Å². The number of methoxy groups -OCH3 is 1. The van der Waals surface area contributed by atoms with Gasteiger partial charge in [0, 0.05) is 31.9 Å². The highest BCUT2D eigenvalue weighted by molar-refractivity contribution is 5.89. The monoisotopic (exact) mass is 472 g/mol. The van der Waals surface area contributed by atoms with E-state index in [4.69, 9.17) is 14.2 Å². The van der Waals surface area contributed by atoms with Crippen LogP contribution < -0.4 is 20.3 Å². The fraction of sp³-hybridized carbons (Fsp3) is 0.458. The van der Waals surface area contributed by atoms with Gasteiger partial charge in [-0.1, -0.05) is 12.1 Å². The lowest BCUT2D eigenvalue weighted by atomic mass is 9.94. The summed E-state index contributed by atoms with van der Waals surface area (Å²) < 4.78 is 30.5. The molecule has 0 aliphatic carbocycles. The summed E-state index contributed by atoms with van der Waals surface area (Å²) >= 11 is 0. The van der Waals surface area contributed by atoms with Crippen molar-refractivity contribution in [2.45, 2.75) is 30.6 Å². The fourth-order valence-electron chi connectivity index (χ4n) is 4.97. The number of piperazine rings is 1. The molecule has 0 unspecified atom stereocenters. The molecule has 5 rings (SSSR count). The molecule has 2 aromatic carbocycles. The molecule has 3 heterocycles. The second-order valence-corrected chi connectivity index (χ2v) is 8.68. The van der Waals surface area contributed by atoms with Crippen LogP contribution in [0.5, 0.6) is 5.75 Å². The van der Waals surface area contributed by atoms with Crippen LogP contribution in [0.4, 0.5) is 20.6 Å². The lowest BCUT2D eigenvalue weighted by molar-refractivity contribution is -0.181. The van der Waals surface area contributed by atoms with Crippen molar-refractivity contribution < 1.29 is 28.5 Å². The van der Waals surface area contributed by atoms with E-state index in [0.29, 0.717) is 25.4 Å². The number of ether oxygens (including phenoxy) is 3. The van der Waals surface area contributed by atoms with Gasteiger partial charge >= 0.3 is 6.03 Å². The van der Waals surface area contributed by atoms with E-state index in [1.54, 1.807) is 7.11 Å². The van der Waals surface area contributed by atoms with E-state index in [2.05, 4.69) is 20.4 Å². The number of benzene rings is 2. The number of rotatable bonds is 5. The number of carbonyl (C=O) groups is 1. The Bertz CT molecular complexity index is 1000. The number of fused-ring (bicyclic) bond motifs is 2. The lowest BCUT2D eigenvalue weighted by Crippen LogP contribution is -2.67. The normalized spacial score (nSPS) is 29.0. The van der Waals surface area contributed by atoms with Crippen molar-refractivity contribution in [3.63, 3.8) is 0 Å². The number of anilines is 2. The molecule has 3 aliphatic heterocycles. The molecule has 2 bridgehead atoms. The van der Waals surface area contributed by atoms with Crippen molar-refractivity contribution in [3.05, 3.63) is 54.3 Å². The summed E-state index contributed by atoms with van der Waals surface area (Å²) in [5, 5.41) is 16.7. The maximum atomic E-state index is 13.1. The van der Waals surface area contributed by atoms with Gasteiger partial charge < -0.3 is 34.9 Å². The summed E-state index contributed by atoms with van der Waals surface area (Å²) in [6.45, 7) is 3.19. The number of carbonyl (C=O) groups excluding carboxylic acids is 1. The largest absolute Gasteiger partial charge is 0.495 e. The molecule has 0 aromatic heterocycles. The molecule has 5 atom stereocenters. The van der Waals surface area contributed by atoms with E-state index < -0.39 is 36.6 Å². The van der Waals surface area contributed by atoms with Crippen LogP contribution in [0.15, 0.2) is 48.5 Å². The Hall–Kier alpha value is -2.92. The van der Waals surface area contributed by atoms with Crippen molar-refractivity contribution in [1.29, 1.82) is 0 Å². The van der Waals surface area contributed by atoms with Gasteiger partial charge in [-0.3, -0.25) is 4.90 Å². The number of aliphatic hydroxyl groups is 1. The average Bonchev–Trinajstić information content (AvgIpc) is 3.29. The Balaban J connectivity index is 1.23. The number of aliphatic hydroxyl groups excluding tert-OH is 1. The van der Waals surface area contributed by atoms with Crippen molar-refractivity contribution in [2.24, 2.45) is 0 Å².